The van der Waals surface area contributed by atoms with E-state index in [1.54, 1.807) is 6.92 Å². The van der Waals surface area contributed by atoms with Crippen molar-refractivity contribution in [3.8, 4) is 0 Å². The molecule has 0 bridgehead atoms. The lowest BCUT2D eigenvalue weighted by atomic mass is 10.7. The first kappa shape index (κ1) is 17.8. The molecule has 0 radical (unpaired) electrons. The smallest absolute Gasteiger partial charge is 0.404 e. The number of hydrogen-bond donors (Lipinski definition) is 3. The molecule has 0 aromatic heterocycles. The van der Waals surface area contributed by atoms with Gasteiger partial charge in [-0.2, -0.15) is 0 Å². The SMILES string of the molecule is C=CC(=O)O.CCOC(N)=O.N=C=O. The van der Waals surface area contributed by atoms with Crippen LogP contribution in [0.1, 0.15) is 6.92 Å². The molecule has 0 saturated heterocycles. The summed E-state index contributed by atoms with van der Waals surface area (Å²) in [6, 6.07) is 0. The van der Waals surface area contributed by atoms with E-state index in [0.29, 0.717) is 6.61 Å². The number of nitrogens with one attached hydrogen (secondary N) is 1. The van der Waals surface area contributed by atoms with Gasteiger partial charge < -0.3 is 15.6 Å². The fraction of sp³-hybridized carbons (Fsp3) is 0.286. The third-order valence-corrected chi connectivity index (χ3v) is 0.461. The molecule has 4 N–H and O–H groups in total. The van der Waals surface area contributed by atoms with Crippen molar-refractivity contribution in [1.82, 2.24) is 0 Å². The molecule has 7 heteroatoms. The van der Waals surface area contributed by atoms with Crippen molar-refractivity contribution in [1.29, 1.82) is 5.41 Å². The summed E-state index contributed by atoms with van der Waals surface area (Å²) in [6.07, 6.45) is 0.873. The third kappa shape index (κ3) is 94.6. The Balaban J connectivity index is -0.000000138. The zero-order valence-corrected chi connectivity index (χ0v) is 7.65. The zero-order chi connectivity index (χ0) is 12.0. The molecule has 0 aliphatic rings. The van der Waals surface area contributed by atoms with E-state index in [0.717, 1.165) is 12.2 Å². The Morgan fingerprint density at radius 3 is 2.00 bits per heavy atom. The molecule has 14 heavy (non-hydrogen) atoms. The van der Waals surface area contributed by atoms with Gasteiger partial charge in [0.2, 0.25) is 6.08 Å². The highest BCUT2D eigenvalue weighted by atomic mass is 16.5. The Labute approximate surface area is 80.7 Å². The summed E-state index contributed by atoms with van der Waals surface area (Å²) in [6.45, 7) is 5.02. The van der Waals surface area contributed by atoms with Crippen molar-refractivity contribution in [2.75, 3.05) is 6.61 Å². The van der Waals surface area contributed by atoms with Gasteiger partial charge >= 0.3 is 12.1 Å². The predicted octanol–water partition coefficient (Wildman–Crippen LogP) is 0.260. The van der Waals surface area contributed by atoms with Gasteiger partial charge in [-0.1, -0.05) is 6.58 Å². The van der Waals surface area contributed by atoms with E-state index in [1.807, 2.05) is 0 Å². The summed E-state index contributed by atoms with van der Waals surface area (Å²) in [5.41, 5.74) is 4.54. The number of amides is 1. The van der Waals surface area contributed by atoms with Crippen LogP contribution >= 0.6 is 0 Å². The summed E-state index contributed by atoms with van der Waals surface area (Å²) in [7, 11) is 0. The number of carbonyl (C=O) groups excluding carboxylic acids is 2. The third-order valence-electron chi connectivity index (χ3n) is 0.461. The van der Waals surface area contributed by atoms with Gasteiger partial charge in [-0.05, 0) is 6.92 Å². The fourth-order valence-corrected chi connectivity index (χ4v) is 0.142. The van der Waals surface area contributed by atoms with Crippen molar-refractivity contribution in [2.24, 2.45) is 5.73 Å². The second-order valence-corrected chi connectivity index (χ2v) is 1.40. The van der Waals surface area contributed by atoms with Gasteiger partial charge in [-0.25, -0.2) is 19.8 Å². The molecular weight excluding hydrogens is 192 g/mol. The number of nitrogens with two attached hydrogens (primary N) is 1. The number of carbonyl (C=O) groups is 2. The normalized spacial score (nSPS) is 6.07. The van der Waals surface area contributed by atoms with Gasteiger partial charge in [0, 0.05) is 6.08 Å². The highest BCUT2D eigenvalue weighted by Crippen LogP contribution is 1.66. The number of ether oxygens (including phenoxy) is 1. The second kappa shape index (κ2) is 17.1. The van der Waals surface area contributed by atoms with Gasteiger partial charge in [0.1, 0.15) is 0 Å². The Morgan fingerprint density at radius 2 is 2.00 bits per heavy atom. The maximum absolute atomic E-state index is 9.60. The average molecular weight is 204 g/mol. The molecule has 0 aromatic rings. The minimum Gasteiger partial charge on any atom is -0.478 e. The molecule has 0 rings (SSSR count). The van der Waals surface area contributed by atoms with Crippen LogP contribution < -0.4 is 5.73 Å². The van der Waals surface area contributed by atoms with Crippen LogP contribution in [0.25, 0.3) is 0 Å². The fourth-order valence-electron chi connectivity index (χ4n) is 0.142. The van der Waals surface area contributed by atoms with Crippen LogP contribution in [0.3, 0.4) is 0 Å². The summed E-state index contributed by atoms with van der Waals surface area (Å²) in [4.78, 5) is 27.2. The first-order valence-electron chi connectivity index (χ1n) is 3.27. The number of primary amides is 1. The van der Waals surface area contributed by atoms with Gasteiger partial charge in [0.25, 0.3) is 0 Å². The lowest BCUT2D eigenvalue weighted by Crippen LogP contribution is -2.11. The molecule has 0 spiro atoms. The summed E-state index contributed by atoms with van der Waals surface area (Å²) in [5, 5.41) is 13.0. The summed E-state index contributed by atoms with van der Waals surface area (Å²) >= 11 is 0. The Morgan fingerprint density at radius 1 is 1.71 bits per heavy atom. The van der Waals surface area contributed by atoms with E-state index < -0.39 is 12.1 Å². The number of isocyanates is 1. The van der Waals surface area contributed by atoms with Crippen LogP contribution in [0.2, 0.25) is 0 Å². The molecule has 7 nitrogen and oxygen atoms in total. The van der Waals surface area contributed by atoms with Crippen molar-refractivity contribution in [3.63, 3.8) is 0 Å². The lowest BCUT2D eigenvalue weighted by Gasteiger charge is -1.89. The molecule has 0 unspecified atom stereocenters. The quantitative estimate of drug-likeness (QED) is 0.337. The summed E-state index contributed by atoms with van der Waals surface area (Å²) in [5.74, 6) is -0.981. The summed E-state index contributed by atoms with van der Waals surface area (Å²) < 4.78 is 4.18. The van der Waals surface area contributed by atoms with Crippen LogP contribution in [0.5, 0.6) is 0 Å². The predicted molar refractivity (Wildman–Crippen MR) is 47.5 cm³/mol. The number of aliphatic carboxylic acids is 1. The zero-order valence-electron chi connectivity index (χ0n) is 7.65. The Kier molecular flexibility index (Phi) is 21.8. The second-order valence-electron chi connectivity index (χ2n) is 1.40. The molecule has 0 heterocycles. The first-order chi connectivity index (χ1) is 6.45. The number of carboxylic acid groups (broad SMARTS) is 1. The molecule has 0 aliphatic carbocycles. The van der Waals surface area contributed by atoms with E-state index in [1.165, 1.54) is 0 Å². The number of carboxylic acids is 1. The Hall–Kier alpha value is -2.14. The van der Waals surface area contributed by atoms with Gasteiger partial charge in [0.15, 0.2) is 0 Å². The molecule has 1 amide bonds. The first-order valence-corrected chi connectivity index (χ1v) is 3.27. The van der Waals surface area contributed by atoms with Crippen LogP contribution in [0.4, 0.5) is 4.79 Å². The van der Waals surface area contributed by atoms with Crippen LogP contribution in [-0.4, -0.2) is 29.9 Å². The van der Waals surface area contributed by atoms with E-state index in [-0.39, 0.29) is 0 Å². The topological polar surface area (TPSA) is 131 Å². The lowest BCUT2D eigenvalue weighted by molar-refractivity contribution is -0.131. The monoisotopic (exact) mass is 204 g/mol. The number of rotatable bonds is 2. The average Bonchev–Trinajstić information content (AvgIpc) is 2.06. The minimum atomic E-state index is -0.981. The van der Waals surface area contributed by atoms with Crippen molar-refractivity contribution in [3.05, 3.63) is 12.7 Å². The van der Waals surface area contributed by atoms with E-state index in [4.69, 9.17) is 15.3 Å². The van der Waals surface area contributed by atoms with Crippen LogP contribution in [0, 0.1) is 5.41 Å². The highest BCUT2D eigenvalue weighted by Gasteiger charge is 1.82. The molecule has 80 valence electrons. The Bertz CT molecular complexity index is 208. The van der Waals surface area contributed by atoms with Gasteiger partial charge in [0.05, 0.1) is 6.61 Å². The van der Waals surface area contributed by atoms with Crippen LogP contribution in [0.15, 0.2) is 12.7 Å². The van der Waals surface area contributed by atoms with Crippen molar-refractivity contribution < 1.29 is 24.2 Å². The van der Waals surface area contributed by atoms with E-state index in [2.05, 4.69) is 17.0 Å². The van der Waals surface area contributed by atoms with Crippen LogP contribution in [-0.2, 0) is 14.3 Å². The van der Waals surface area contributed by atoms with Crippen molar-refractivity contribution >= 4 is 18.1 Å². The van der Waals surface area contributed by atoms with E-state index in [9.17, 15) is 9.59 Å². The molecule has 0 saturated carbocycles. The molecule has 0 atom stereocenters. The minimum absolute atomic E-state index is 0.356. The molecule has 0 fully saturated rings. The largest absolute Gasteiger partial charge is 0.478 e. The molecule has 0 aromatic carbocycles. The standard InChI is InChI=1S/C3H7NO2.C3H4O2.CHNO/c1-2-6-3(4)5;1-2-3(4)5;2-1-3/h2H2,1H3,(H2,4,5);2H,1H2,(H,4,5);2H. The van der Waals surface area contributed by atoms with E-state index >= 15 is 0 Å². The molecule has 0 aliphatic heterocycles. The maximum atomic E-state index is 9.60. The molecular formula is C7H12N2O5. The number of hydrogen-bond acceptors (Lipinski definition) is 5. The maximum Gasteiger partial charge on any atom is 0.404 e. The van der Waals surface area contributed by atoms with Gasteiger partial charge in [-0.3, -0.25) is 0 Å². The van der Waals surface area contributed by atoms with Gasteiger partial charge in [-0.15, -0.1) is 0 Å². The van der Waals surface area contributed by atoms with Crippen molar-refractivity contribution in [2.45, 2.75) is 6.92 Å². The highest BCUT2D eigenvalue weighted by molar-refractivity contribution is 5.78.